The number of aliphatic hydroxyl groups is 3. The Hall–Kier alpha value is -2.02. The monoisotopic (exact) mass is 392 g/mol. The SMILES string of the molecule is Cc1cc(C2=C(/C=C/[C@@H](O)C[C@@H](O)CC(=O)O)C(C)(C)C[C@H](O)C2)ccc1F. The number of rotatable bonds is 7. The van der Waals surface area contributed by atoms with E-state index in [4.69, 9.17) is 5.11 Å². The zero-order chi connectivity index (χ0) is 21.1. The van der Waals surface area contributed by atoms with E-state index in [1.54, 1.807) is 25.1 Å². The third-order valence-electron chi connectivity index (χ3n) is 5.16. The lowest BCUT2D eigenvalue weighted by molar-refractivity contribution is -0.139. The van der Waals surface area contributed by atoms with Gasteiger partial charge < -0.3 is 20.4 Å². The largest absolute Gasteiger partial charge is 0.481 e. The van der Waals surface area contributed by atoms with Crippen LogP contribution in [0.25, 0.3) is 5.57 Å². The van der Waals surface area contributed by atoms with Gasteiger partial charge in [0.05, 0.1) is 24.7 Å². The van der Waals surface area contributed by atoms with Gasteiger partial charge in [0.1, 0.15) is 5.82 Å². The highest BCUT2D eigenvalue weighted by molar-refractivity contribution is 5.74. The van der Waals surface area contributed by atoms with Gasteiger partial charge in [-0.3, -0.25) is 4.79 Å². The molecule has 0 radical (unpaired) electrons. The molecule has 1 aliphatic rings. The van der Waals surface area contributed by atoms with E-state index in [2.05, 4.69) is 0 Å². The lowest BCUT2D eigenvalue weighted by Gasteiger charge is -2.37. The van der Waals surface area contributed by atoms with Crippen molar-refractivity contribution in [3.63, 3.8) is 0 Å². The molecule has 0 amide bonds. The second-order valence-corrected chi connectivity index (χ2v) is 8.22. The Bertz CT molecular complexity index is 781. The first-order valence-corrected chi connectivity index (χ1v) is 9.44. The van der Waals surface area contributed by atoms with Gasteiger partial charge in [-0.15, -0.1) is 0 Å². The van der Waals surface area contributed by atoms with Crippen LogP contribution < -0.4 is 0 Å². The number of carboxylic acid groups (broad SMARTS) is 1. The normalized spacial score (nSPS) is 21.8. The van der Waals surface area contributed by atoms with Gasteiger partial charge in [-0.05, 0) is 59.6 Å². The van der Waals surface area contributed by atoms with Gasteiger partial charge in [-0.2, -0.15) is 0 Å². The maximum atomic E-state index is 13.7. The topological polar surface area (TPSA) is 98.0 Å². The van der Waals surface area contributed by atoms with Gasteiger partial charge in [0, 0.05) is 6.42 Å². The van der Waals surface area contributed by atoms with Crippen molar-refractivity contribution in [1.29, 1.82) is 0 Å². The van der Waals surface area contributed by atoms with Crippen molar-refractivity contribution in [2.45, 2.75) is 64.8 Å². The minimum atomic E-state index is -1.13. The number of aliphatic hydroxyl groups excluding tert-OH is 3. The third kappa shape index (κ3) is 5.74. The first kappa shape index (κ1) is 22.3. The van der Waals surface area contributed by atoms with Crippen molar-refractivity contribution < 1.29 is 29.6 Å². The summed E-state index contributed by atoms with van der Waals surface area (Å²) in [6.45, 7) is 5.68. The Balaban J connectivity index is 2.35. The summed E-state index contributed by atoms with van der Waals surface area (Å²) in [5.74, 6) is -1.41. The van der Waals surface area contributed by atoms with E-state index in [0.717, 1.165) is 16.7 Å². The molecule has 0 aromatic heterocycles. The third-order valence-corrected chi connectivity index (χ3v) is 5.16. The van der Waals surface area contributed by atoms with Gasteiger partial charge in [-0.25, -0.2) is 4.39 Å². The number of aryl methyl sites for hydroxylation is 1. The number of hydrogen-bond acceptors (Lipinski definition) is 4. The van der Waals surface area contributed by atoms with Crippen molar-refractivity contribution in [2.75, 3.05) is 0 Å². The van der Waals surface area contributed by atoms with Crippen LogP contribution in [0.4, 0.5) is 4.39 Å². The molecule has 0 spiro atoms. The molecule has 2 rings (SSSR count). The van der Waals surface area contributed by atoms with Gasteiger partial charge in [-0.1, -0.05) is 32.1 Å². The number of allylic oxidation sites excluding steroid dienone is 2. The summed E-state index contributed by atoms with van der Waals surface area (Å²) in [7, 11) is 0. The van der Waals surface area contributed by atoms with E-state index >= 15 is 0 Å². The highest BCUT2D eigenvalue weighted by atomic mass is 19.1. The number of carboxylic acids is 1. The van der Waals surface area contributed by atoms with E-state index in [1.165, 1.54) is 12.1 Å². The molecule has 6 heteroatoms. The molecule has 3 atom stereocenters. The second-order valence-electron chi connectivity index (χ2n) is 8.22. The van der Waals surface area contributed by atoms with Crippen molar-refractivity contribution >= 4 is 11.5 Å². The zero-order valence-corrected chi connectivity index (χ0v) is 16.5. The Morgan fingerprint density at radius 1 is 1.36 bits per heavy atom. The average molecular weight is 392 g/mol. The summed E-state index contributed by atoms with van der Waals surface area (Å²) in [4.78, 5) is 10.6. The fourth-order valence-electron chi connectivity index (χ4n) is 3.81. The summed E-state index contributed by atoms with van der Waals surface area (Å²) in [6, 6.07) is 4.84. The highest BCUT2D eigenvalue weighted by Gasteiger charge is 2.33. The van der Waals surface area contributed by atoms with Gasteiger partial charge in [0.15, 0.2) is 0 Å². The number of carbonyl (C=O) groups is 1. The molecule has 0 saturated heterocycles. The average Bonchev–Trinajstić information content (AvgIpc) is 2.54. The van der Waals surface area contributed by atoms with E-state index < -0.39 is 30.7 Å². The van der Waals surface area contributed by atoms with Crippen LogP contribution in [0.1, 0.15) is 50.7 Å². The van der Waals surface area contributed by atoms with Crippen molar-refractivity contribution in [3.8, 4) is 0 Å². The molecule has 1 aliphatic carbocycles. The van der Waals surface area contributed by atoms with E-state index in [1.807, 2.05) is 13.8 Å². The fourth-order valence-corrected chi connectivity index (χ4v) is 3.81. The van der Waals surface area contributed by atoms with Crippen LogP contribution in [0.15, 0.2) is 35.9 Å². The Morgan fingerprint density at radius 2 is 2.04 bits per heavy atom. The minimum Gasteiger partial charge on any atom is -0.481 e. The van der Waals surface area contributed by atoms with Crippen molar-refractivity contribution in [3.05, 3.63) is 52.9 Å². The molecule has 0 fully saturated rings. The number of hydrogen-bond donors (Lipinski definition) is 4. The standard InChI is InChI=1S/C22H29FO5/c1-13-8-14(4-7-20(13)23)18-10-17(26)12-22(2,3)19(18)6-5-15(24)9-16(25)11-21(27)28/h4-8,15-17,24-26H,9-12H2,1-3H3,(H,27,28)/b6-5+/t15-,16-,17-/m1/s1. The summed E-state index contributed by atoms with van der Waals surface area (Å²) >= 11 is 0. The summed E-state index contributed by atoms with van der Waals surface area (Å²) in [6.07, 6.45) is 1.13. The van der Waals surface area contributed by atoms with Gasteiger partial charge in [0.25, 0.3) is 0 Å². The van der Waals surface area contributed by atoms with Crippen molar-refractivity contribution in [1.82, 2.24) is 0 Å². The molecule has 0 unspecified atom stereocenters. The summed E-state index contributed by atoms with van der Waals surface area (Å²) in [5, 5.41) is 38.9. The smallest absolute Gasteiger partial charge is 0.305 e. The minimum absolute atomic E-state index is 0.0792. The highest BCUT2D eigenvalue weighted by Crippen LogP contribution is 2.45. The fraction of sp³-hybridized carbons (Fsp3) is 0.500. The zero-order valence-electron chi connectivity index (χ0n) is 16.5. The molecule has 1 aromatic rings. The maximum Gasteiger partial charge on any atom is 0.305 e. The molecule has 0 saturated carbocycles. The summed E-state index contributed by atoms with van der Waals surface area (Å²) < 4.78 is 13.7. The van der Waals surface area contributed by atoms with Gasteiger partial charge in [0.2, 0.25) is 0 Å². The lowest BCUT2D eigenvalue weighted by atomic mass is 9.69. The quantitative estimate of drug-likeness (QED) is 0.571. The summed E-state index contributed by atoms with van der Waals surface area (Å²) in [5.41, 5.74) is 2.79. The van der Waals surface area contributed by atoms with Crippen LogP contribution in [-0.2, 0) is 4.79 Å². The molecule has 1 aromatic carbocycles. The van der Waals surface area contributed by atoms with Gasteiger partial charge >= 0.3 is 5.97 Å². The second kappa shape index (κ2) is 8.99. The number of halogens is 1. The molecule has 154 valence electrons. The van der Waals surface area contributed by atoms with Crippen LogP contribution in [-0.4, -0.2) is 44.7 Å². The molecule has 28 heavy (non-hydrogen) atoms. The molecular formula is C22H29FO5. The Labute approximate surface area is 164 Å². The molecule has 0 heterocycles. The Morgan fingerprint density at radius 3 is 2.64 bits per heavy atom. The predicted molar refractivity (Wildman–Crippen MR) is 105 cm³/mol. The van der Waals surface area contributed by atoms with Crippen LogP contribution in [0.2, 0.25) is 0 Å². The maximum absolute atomic E-state index is 13.7. The lowest BCUT2D eigenvalue weighted by Crippen LogP contribution is -2.28. The Kier molecular flexibility index (Phi) is 7.15. The number of benzene rings is 1. The first-order valence-electron chi connectivity index (χ1n) is 9.44. The molecule has 5 nitrogen and oxygen atoms in total. The van der Waals surface area contributed by atoms with Crippen LogP contribution in [0.5, 0.6) is 0 Å². The van der Waals surface area contributed by atoms with Crippen LogP contribution in [0.3, 0.4) is 0 Å². The van der Waals surface area contributed by atoms with E-state index in [0.29, 0.717) is 18.4 Å². The van der Waals surface area contributed by atoms with Crippen molar-refractivity contribution in [2.24, 2.45) is 5.41 Å². The van der Waals surface area contributed by atoms with Crippen LogP contribution >= 0.6 is 0 Å². The predicted octanol–water partition coefficient (Wildman–Crippen LogP) is 3.21. The molecular weight excluding hydrogens is 363 g/mol. The number of aliphatic carboxylic acids is 1. The molecule has 0 bridgehead atoms. The van der Waals surface area contributed by atoms with E-state index in [9.17, 15) is 24.5 Å². The van der Waals surface area contributed by atoms with Crippen LogP contribution in [0, 0.1) is 18.2 Å². The molecule has 4 N–H and O–H groups in total. The first-order chi connectivity index (χ1) is 13.0. The van der Waals surface area contributed by atoms with E-state index in [-0.39, 0.29) is 17.7 Å². The molecule has 0 aliphatic heterocycles.